The van der Waals surface area contributed by atoms with Gasteiger partial charge in [-0.2, -0.15) is 0 Å². The molecule has 0 aliphatic heterocycles. The van der Waals surface area contributed by atoms with Gasteiger partial charge in [-0.15, -0.1) is 11.8 Å². The molecule has 14 heavy (non-hydrogen) atoms. The molecule has 5 heteroatoms. The molecule has 0 unspecified atom stereocenters. The molecule has 0 atom stereocenters. The first-order valence-corrected chi connectivity index (χ1v) is 5.84. The minimum Gasteiger partial charge on any atom is -0.384 e. The molecule has 0 amide bonds. The smallest absolute Gasteiger partial charge is 0.125 e. The number of nitrogen functional groups attached to an aromatic ring is 1. The molecule has 0 saturated carbocycles. The first-order valence-electron chi connectivity index (χ1n) is 4.17. The molecular formula is C9H12BrN3S. The van der Waals surface area contributed by atoms with E-state index >= 15 is 0 Å². The number of thioether (sulfide) groups is 1. The number of hydrogen-bond donors (Lipinski definition) is 2. The monoisotopic (exact) mass is 273 g/mol. The summed E-state index contributed by atoms with van der Waals surface area (Å²) in [5, 5.41) is 8.67. The van der Waals surface area contributed by atoms with Gasteiger partial charge in [-0.1, -0.05) is 13.8 Å². The van der Waals surface area contributed by atoms with E-state index in [1.165, 1.54) is 0 Å². The summed E-state index contributed by atoms with van der Waals surface area (Å²) in [7, 11) is 0. The standard InChI is InChI=1S/C9H12BrN3S/c1-5(2)14-9-7(8(11)12)3-6(10)4-13-9/h3-5H,1-2H3,(H3,11,12). The Morgan fingerprint density at radius 3 is 2.79 bits per heavy atom. The van der Waals surface area contributed by atoms with Crippen LogP contribution >= 0.6 is 27.7 Å². The molecule has 1 rings (SSSR count). The largest absolute Gasteiger partial charge is 0.384 e. The van der Waals surface area contributed by atoms with Crippen LogP contribution in [-0.2, 0) is 0 Å². The number of nitrogens with two attached hydrogens (primary N) is 1. The van der Waals surface area contributed by atoms with Crippen molar-refractivity contribution in [2.24, 2.45) is 5.73 Å². The number of pyridine rings is 1. The number of hydrogen-bond acceptors (Lipinski definition) is 3. The van der Waals surface area contributed by atoms with Crippen LogP contribution in [0.2, 0.25) is 0 Å². The van der Waals surface area contributed by atoms with E-state index in [2.05, 4.69) is 34.8 Å². The van der Waals surface area contributed by atoms with Crippen molar-refractivity contribution >= 4 is 33.5 Å². The molecule has 0 spiro atoms. The normalized spacial score (nSPS) is 10.6. The lowest BCUT2D eigenvalue weighted by Crippen LogP contribution is -2.13. The van der Waals surface area contributed by atoms with Crippen molar-refractivity contribution in [3.63, 3.8) is 0 Å². The van der Waals surface area contributed by atoms with Crippen LogP contribution in [0.15, 0.2) is 21.8 Å². The first kappa shape index (κ1) is 11.5. The van der Waals surface area contributed by atoms with Crippen molar-refractivity contribution in [2.75, 3.05) is 0 Å². The number of aromatic nitrogens is 1. The lowest BCUT2D eigenvalue weighted by molar-refractivity contribution is 1.06. The van der Waals surface area contributed by atoms with Crippen LogP contribution < -0.4 is 5.73 Å². The zero-order valence-electron chi connectivity index (χ0n) is 8.04. The van der Waals surface area contributed by atoms with Gasteiger partial charge in [0.25, 0.3) is 0 Å². The highest BCUT2D eigenvalue weighted by molar-refractivity contribution is 9.10. The average Bonchev–Trinajstić information content (AvgIpc) is 2.07. The zero-order valence-corrected chi connectivity index (χ0v) is 10.4. The number of nitrogens with zero attached hydrogens (tertiary/aromatic N) is 1. The molecule has 1 aromatic heterocycles. The number of amidine groups is 1. The Bertz CT molecular complexity index is 352. The molecule has 1 aromatic rings. The fourth-order valence-corrected chi connectivity index (χ4v) is 2.12. The van der Waals surface area contributed by atoms with Gasteiger partial charge in [0, 0.05) is 21.5 Å². The van der Waals surface area contributed by atoms with Gasteiger partial charge in [0.05, 0.1) is 0 Å². The summed E-state index contributed by atoms with van der Waals surface area (Å²) in [4.78, 5) is 4.23. The third kappa shape index (κ3) is 2.99. The molecule has 0 radical (unpaired) electrons. The number of halogens is 1. The van der Waals surface area contributed by atoms with Crippen molar-refractivity contribution < 1.29 is 0 Å². The fraction of sp³-hybridized carbons (Fsp3) is 0.333. The van der Waals surface area contributed by atoms with E-state index in [0.29, 0.717) is 10.8 Å². The Labute approximate surface area is 96.1 Å². The molecule has 0 aromatic carbocycles. The first-order chi connectivity index (χ1) is 6.50. The second-order valence-electron chi connectivity index (χ2n) is 3.09. The molecule has 76 valence electrons. The van der Waals surface area contributed by atoms with Crippen LogP contribution in [0.1, 0.15) is 19.4 Å². The second kappa shape index (κ2) is 4.79. The van der Waals surface area contributed by atoms with Crippen molar-refractivity contribution in [2.45, 2.75) is 24.1 Å². The lowest BCUT2D eigenvalue weighted by Gasteiger charge is -2.09. The van der Waals surface area contributed by atoms with Crippen molar-refractivity contribution in [1.29, 1.82) is 5.41 Å². The lowest BCUT2D eigenvalue weighted by atomic mass is 10.3. The molecular weight excluding hydrogens is 262 g/mol. The summed E-state index contributed by atoms with van der Waals surface area (Å²) in [6.45, 7) is 4.16. The Balaban J connectivity index is 3.08. The van der Waals surface area contributed by atoms with Gasteiger partial charge in [0.2, 0.25) is 0 Å². The maximum absolute atomic E-state index is 7.42. The van der Waals surface area contributed by atoms with Crippen LogP contribution in [0.25, 0.3) is 0 Å². The van der Waals surface area contributed by atoms with Gasteiger partial charge in [0.1, 0.15) is 10.9 Å². The van der Waals surface area contributed by atoms with E-state index < -0.39 is 0 Å². The van der Waals surface area contributed by atoms with E-state index in [0.717, 1.165) is 9.50 Å². The predicted octanol–water partition coefficient (Wildman–Crippen LogP) is 2.63. The molecule has 0 aliphatic carbocycles. The van der Waals surface area contributed by atoms with Crippen LogP contribution in [0.5, 0.6) is 0 Å². The molecule has 3 N–H and O–H groups in total. The summed E-state index contributed by atoms with van der Waals surface area (Å²) in [6, 6.07) is 1.82. The van der Waals surface area contributed by atoms with Crippen LogP contribution in [0.3, 0.4) is 0 Å². The van der Waals surface area contributed by atoms with Crippen LogP contribution in [0, 0.1) is 5.41 Å². The predicted molar refractivity (Wildman–Crippen MR) is 63.9 cm³/mol. The molecule has 0 saturated heterocycles. The van der Waals surface area contributed by atoms with E-state index in [9.17, 15) is 0 Å². The van der Waals surface area contributed by atoms with Crippen molar-refractivity contribution in [3.8, 4) is 0 Å². The van der Waals surface area contributed by atoms with E-state index in [1.54, 1.807) is 18.0 Å². The zero-order chi connectivity index (χ0) is 10.7. The quantitative estimate of drug-likeness (QED) is 0.506. The molecule has 0 fully saturated rings. The minimum absolute atomic E-state index is 0.0574. The van der Waals surface area contributed by atoms with Gasteiger partial charge >= 0.3 is 0 Å². The maximum Gasteiger partial charge on any atom is 0.125 e. The Morgan fingerprint density at radius 1 is 1.64 bits per heavy atom. The van der Waals surface area contributed by atoms with E-state index in [-0.39, 0.29) is 5.84 Å². The van der Waals surface area contributed by atoms with Crippen LogP contribution in [0.4, 0.5) is 0 Å². The second-order valence-corrected chi connectivity index (χ2v) is 5.57. The Morgan fingerprint density at radius 2 is 2.29 bits per heavy atom. The third-order valence-electron chi connectivity index (χ3n) is 1.46. The SMILES string of the molecule is CC(C)Sc1ncc(Br)cc1C(=N)N. The Kier molecular flexibility index (Phi) is 3.95. The van der Waals surface area contributed by atoms with Gasteiger partial charge in [0.15, 0.2) is 0 Å². The molecule has 0 bridgehead atoms. The van der Waals surface area contributed by atoms with Gasteiger partial charge in [-0.05, 0) is 22.0 Å². The highest BCUT2D eigenvalue weighted by atomic mass is 79.9. The summed E-state index contributed by atoms with van der Waals surface area (Å²) >= 11 is 4.92. The topological polar surface area (TPSA) is 62.8 Å². The summed E-state index contributed by atoms with van der Waals surface area (Å²) in [5.41, 5.74) is 6.16. The van der Waals surface area contributed by atoms with E-state index in [1.807, 2.05) is 6.07 Å². The number of rotatable bonds is 3. The van der Waals surface area contributed by atoms with Gasteiger partial charge < -0.3 is 5.73 Å². The number of nitrogens with one attached hydrogen (secondary N) is 1. The Hall–Kier alpha value is -0.550. The third-order valence-corrected chi connectivity index (χ3v) is 2.91. The van der Waals surface area contributed by atoms with Gasteiger partial charge in [-0.25, -0.2) is 4.98 Å². The van der Waals surface area contributed by atoms with Gasteiger partial charge in [-0.3, -0.25) is 5.41 Å². The highest BCUT2D eigenvalue weighted by Gasteiger charge is 2.09. The highest BCUT2D eigenvalue weighted by Crippen LogP contribution is 2.26. The maximum atomic E-state index is 7.42. The van der Waals surface area contributed by atoms with E-state index in [4.69, 9.17) is 11.1 Å². The molecule has 3 nitrogen and oxygen atoms in total. The van der Waals surface area contributed by atoms with Crippen LogP contribution in [-0.4, -0.2) is 16.1 Å². The summed E-state index contributed by atoms with van der Waals surface area (Å²) in [5.74, 6) is 0.0574. The summed E-state index contributed by atoms with van der Waals surface area (Å²) < 4.78 is 0.843. The van der Waals surface area contributed by atoms with Crippen molar-refractivity contribution in [1.82, 2.24) is 4.98 Å². The summed E-state index contributed by atoms with van der Waals surface area (Å²) in [6.07, 6.45) is 1.72. The van der Waals surface area contributed by atoms with Crippen molar-refractivity contribution in [3.05, 3.63) is 22.3 Å². The average molecular weight is 274 g/mol. The molecule has 0 aliphatic rings. The fourth-order valence-electron chi connectivity index (χ4n) is 0.937. The molecule has 1 heterocycles. The minimum atomic E-state index is 0.0574.